The van der Waals surface area contributed by atoms with Crippen molar-refractivity contribution >= 4 is 5.91 Å². The summed E-state index contributed by atoms with van der Waals surface area (Å²) in [5.74, 6) is -0.171. The SMILES string of the molecule is O=C1CCN1O.[Y]. The monoisotopic (exact) mass is 176 g/mol. The Hall–Kier alpha value is 0.534. The third-order valence-electron chi connectivity index (χ3n) is 0.825. The number of hydroxylamine groups is 2. The topological polar surface area (TPSA) is 40.5 Å². The number of nitrogens with zero attached hydrogens (tertiary/aromatic N) is 1. The van der Waals surface area contributed by atoms with Gasteiger partial charge in [-0.1, -0.05) is 0 Å². The summed E-state index contributed by atoms with van der Waals surface area (Å²) in [6, 6.07) is 0. The molecule has 37 valence electrons. The first-order chi connectivity index (χ1) is 2.80. The summed E-state index contributed by atoms with van der Waals surface area (Å²) in [6.07, 6.45) is 0.510. The van der Waals surface area contributed by atoms with Gasteiger partial charge >= 0.3 is 0 Å². The summed E-state index contributed by atoms with van der Waals surface area (Å²) < 4.78 is 0. The van der Waals surface area contributed by atoms with Crippen molar-refractivity contribution in [3.63, 3.8) is 0 Å². The summed E-state index contributed by atoms with van der Waals surface area (Å²) in [7, 11) is 0. The molecule has 1 radical (unpaired) electrons. The number of carbonyl (C=O) groups is 1. The number of hydrogen-bond acceptors (Lipinski definition) is 2. The van der Waals surface area contributed by atoms with E-state index < -0.39 is 0 Å². The molecule has 0 atom stereocenters. The second-order valence-electron chi connectivity index (χ2n) is 1.27. The van der Waals surface area contributed by atoms with Crippen LogP contribution in [-0.2, 0) is 37.5 Å². The molecule has 1 rings (SSSR count). The fourth-order valence-corrected chi connectivity index (χ4v) is 0.303. The van der Waals surface area contributed by atoms with Crippen molar-refractivity contribution in [2.75, 3.05) is 6.54 Å². The Bertz CT molecular complexity index is 85.0. The molecule has 1 amide bonds. The maximum absolute atomic E-state index is 9.91. The fraction of sp³-hybridized carbons (Fsp3) is 0.667. The third-order valence-corrected chi connectivity index (χ3v) is 0.825. The van der Waals surface area contributed by atoms with E-state index in [9.17, 15) is 4.79 Å². The maximum atomic E-state index is 9.91. The van der Waals surface area contributed by atoms with E-state index in [1.807, 2.05) is 0 Å². The molecule has 1 heterocycles. The molecule has 1 aliphatic heterocycles. The van der Waals surface area contributed by atoms with Gasteiger partial charge in [-0.15, -0.1) is 0 Å². The van der Waals surface area contributed by atoms with Gasteiger partial charge in [0.25, 0.3) is 0 Å². The second kappa shape index (κ2) is 2.75. The first kappa shape index (κ1) is 7.53. The fourth-order valence-electron chi connectivity index (χ4n) is 0.303. The van der Waals surface area contributed by atoms with Gasteiger partial charge in [0.15, 0.2) is 0 Å². The molecule has 0 aromatic heterocycles. The molecular formula is C3H5NO2Y. The van der Waals surface area contributed by atoms with Crippen LogP contribution in [0, 0.1) is 0 Å². The van der Waals surface area contributed by atoms with Crippen LogP contribution in [0.25, 0.3) is 0 Å². The third kappa shape index (κ3) is 1.48. The normalized spacial score (nSPS) is 17.9. The Morgan fingerprint density at radius 3 is 2.14 bits per heavy atom. The van der Waals surface area contributed by atoms with Gasteiger partial charge in [-0.2, -0.15) is 0 Å². The number of carbonyl (C=O) groups excluding carboxylic acids is 1. The smallest absolute Gasteiger partial charge is 0.247 e. The van der Waals surface area contributed by atoms with Crippen molar-refractivity contribution in [1.29, 1.82) is 0 Å². The molecule has 1 aliphatic rings. The van der Waals surface area contributed by atoms with Gasteiger partial charge in [0.1, 0.15) is 0 Å². The van der Waals surface area contributed by atoms with Crippen molar-refractivity contribution < 1.29 is 42.7 Å². The summed E-state index contributed by atoms with van der Waals surface area (Å²) in [4.78, 5) is 9.91. The minimum absolute atomic E-state index is 0. The van der Waals surface area contributed by atoms with E-state index >= 15 is 0 Å². The number of rotatable bonds is 0. The van der Waals surface area contributed by atoms with Crippen LogP contribution in [0.3, 0.4) is 0 Å². The zero-order chi connectivity index (χ0) is 4.57. The van der Waals surface area contributed by atoms with Crippen molar-refractivity contribution in [3.05, 3.63) is 0 Å². The minimum atomic E-state index is -0.171. The zero-order valence-electron chi connectivity index (χ0n) is 3.79. The van der Waals surface area contributed by atoms with Crippen LogP contribution in [0.15, 0.2) is 0 Å². The van der Waals surface area contributed by atoms with Gasteiger partial charge in [0, 0.05) is 39.1 Å². The van der Waals surface area contributed by atoms with Crippen molar-refractivity contribution in [1.82, 2.24) is 5.06 Å². The van der Waals surface area contributed by atoms with Crippen LogP contribution in [0.5, 0.6) is 0 Å². The Morgan fingerprint density at radius 2 is 2.14 bits per heavy atom. The van der Waals surface area contributed by atoms with Crippen LogP contribution < -0.4 is 0 Å². The molecule has 1 saturated heterocycles. The van der Waals surface area contributed by atoms with E-state index in [-0.39, 0.29) is 38.6 Å². The van der Waals surface area contributed by atoms with Gasteiger partial charge in [-0.25, -0.2) is 5.06 Å². The number of β-lactam (4-membered cyclic amide) rings is 1. The summed E-state index contributed by atoms with van der Waals surface area (Å²) in [5, 5.41) is 8.91. The standard InChI is InChI=1S/C3H5NO2.Y/c5-3-1-2-4(3)6;/h6H,1-2H2;. The van der Waals surface area contributed by atoms with E-state index in [0.717, 1.165) is 0 Å². The molecular weight excluding hydrogens is 171 g/mol. The van der Waals surface area contributed by atoms with E-state index in [4.69, 9.17) is 5.21 Å². The van der Waals surface area contributed by atoms with Gasteiger partial charge in [0.2, 0.25) is 5.91 Å². The average Bonchev–Trinajstić information content (AvgIpc) is 1.61. The minimum Gasteiger partial charge on any atom is -0.286 e. The van der Waals surface area contributed by atoms with E-state index in [1.165, 1.54) is 0 Å². The van der Waals surface area contributed by atoms with Crippen molar-refractivity contribution in [2.24, 2.45) is 0 Å². The summed E-state index contributed by atoms with van der Waals surface area (Å²) in [5.41, 5.74) is 0. The number of amides is 1. The van der Waals surface area contributed by atoms with Gasteiger partial charge in [-0.05, 0) is 0 Å². The molecule has 0 saturated carbocycles. The van der Waals surface area contributed by atoms with E-state index in [0.29, 0.717) is 18.0 Å². The zero-order valence-corrected chi connectivity index (χ0v) is 6.63. The molecule has 4 heteroatoms. The molecule has 0 aliphatic carbocycles. The van der Waals surface area contributed by atoms with Crippen LogP contribution in [-0.4, -0.2) is 22.7 Å². The van der Waals surface area contributed by atoms with Crippen LogP contribution >= 0.6 is 0 Å². The molecule has 1 N–H and O–H groups in total. The Labute approximate surface area is 66.5 Å². The summed E-state index contributed by atoms with van der Waals surface area (Å²) >= 11 is 0. The van der Waals surface area contributed by atoms with Gasteiger partial charge in [-0.3, -0.25) is 10.0 Å². The van der Waals surface area contributed by atoms with Crippen LogP contribution in [0.2, 0.25) is 0 Å². The number of hydrogen-bond donors (Lipinski definition) is 1. The second-order valence-corrected chi connectivity index (χ2v) is 1.27. The largest absolute Gasteiger partial charge is 0.286 e. The molecule has 1 fully saturated rings. The first-order valence-electron chi connectivity index (χ1n) is 1.80. The first-order valence-corrected chi connectivity index (χ1v) is 1.80. The molecule has 0 aromatic rings. The molecule has 0 bridgehead atoms. The molecule has 0 spiro atoms. The predicted molar refractivity (Wildman–Crippen MR) is 18.1 cm³/mol. The quantitative estimate of drug-likeness (QED) is 0.403. The van der Waals surface area contributed by atoms with Crippen molar-refractivity contribution in [3.8, 4) is 0 Å². The Balaban J connectivity index is 0.000000360. The molecule has 0 unspecified atom stereocenters. The molecule has 3 nitrogen and oxygen atoms in total. The van der Waals surface area contributed by atoms with Crippen molar-refractivity contribution in [2.45, 2.75) is 6.42 Å². The van der Waals surface area contributed by atoms with E-state index in [1.54, 1.807) is 0 Å². The van der Waals surface area contributed by atoms with Gasteiger partial charge < -0.3 is 0 Å². The van der Waals surface area contributed by atoms with Gasteiger partial charge in [0.05, 0.1) is 6.54 Å². The Morgan fingerprint density at radius 1 is 1.71 bits per heavy atom. The molecule has 7 heavy (non-hydrogen) atoms. The van der Waals surface area contributed by atoms with Crippen LogP contribution in [0.1, 0.15) is 6.42 Å². The van der Waals surface area contributed by atoms with Crippen LogP contribution in [0.4, 0.5) is 0 Å². The predicted octanol–water partition coefficient (Wildman–Crippen LogP) is -0.395. The summed E-state index contributed by atoms with van der Waals surface area (Å²) in [6.45, 7) is 0.513. The van der Waals surface area contributed by atoms with E-state index in [2.05, 4.69) is 0 Å². The maximum Gasteiger partial charge on any atom is 0.247 e. The average molecular weight is 176 g/mol. The molecule has 0 aromatic carbocycles. The Kier molecular flexibility index (Phi) is 2.96.